The largest absolute Gasteiger partial charge is 0.291 e. The molecule has 0 amide bonds. The molecule has 2 aromatic heterocycles. The Morgan fingerprint density at radius 2 is 2.14 bits per heavy atom. The zero-order valence-electron chi connectivity index (χ0n) is 11.4. The van der Waals surface area contributed by atoms with Gasteiger partial charge in [-0.1, -0.05) is 12.1 Å². The van der Waals surface area contributed by atoms with Gasteiger partial charge in [0, 0.05) is 29.8 Å². The molecule has 2 heterocycles. The average Bonchev–Trinajstić information content (AvgIpc) is 2.91. The maximum absolute atomic E-state index is 11.6. The molecule has 0 radical (unpaired) electrons. The van der Waals surface area contributed by atoms with Crippen molar-refractivity contribution in [2.24, 2.45) is 0 Å². The van der Waals surface area contributed by atoms with Crippen LogP contribution >= 0.6 is 0 Å². The zero-order chi connectivity index (χ0) is 14.9. The summed E-state index contributed by atoms with van der Waals surface area (Å²) in [5.41, 5.74) is 2.10. The molecule has 108 valence electrons. The number of imidazole rings is 1. The number of hydrogen-bond acceptors (Lipinski definition) is 4. The Morgan fingerprint density at radius 3 is 2.90 bits per heavy atom. The number of hydrogen-bond donors (Lipinski definition) is 1. The molecule has 1 N–H and O–H groups in total. The van der Waals surface area contributed by atoms with Crippen LogP contribution in [-0.2, 0) is 10.0 Å². The summed E-state index contributed by atoms with van der Waals surface area (Å²) in [5, 5.41) is 0. The number of sulfonamides is 1. The van der Waals surface area contributed by atoms with Crippen LogP contribution in [0.5, 0.6) is 0 Å². The standard InChI is InChI=1S/C14H14N4O2S/c1-2-21(19,20)17-12-6-3-5-11(9-12)13-10-18-8-4-7-15-14(18)16-13/h3-10,17H,2H2,1H3. The summed E-state index contributed by atoms with van der Waals surface area (Å²) in [7, 11) is -3.28. The highest BCUT2D eigenvalue weighted by molar-refractivity contribution is 7.92. The molecule has 7 heteroatoms. The molecular formula is C14H14N4O2S. The van der Waals surface area contributed by atoms with E-state index in [0.717, 1.165) is 11.3 Å². The first-order valence-corrected chi connectivity index (χ1v) is 8.13. The molecule has 3 rings (SSSR count). The van der Waals surface area contributed by atoms with Crippen LogP contribution in [0.25, 0.3) is 17.0 Å². The molecular weight excluding hydrogens is 288 g/mol. The van der Waals surface area contributed by atoms with Crippen LogP contribution in [0.4, 0.5) is 5.69 Å². The van der Waals surface area contributed by atoms with Gasteiger partial charge in [-0.05, 0) is 25.1 Å². The van der Waals surface area contributed by atoms with Crippen LogP contribution in [0.3, 0.4) is 0 Å². The van der Waals surface area contributed by atoms with E-state index in [-0.39, 0.29) is 5.75 Å². The van der Waals surface area contributed by atoms with E-state index in [1.807, 2.05) is 28.9 Å². The average molecular weight is 302 g/mol. The van der Waals surface area contributed by atoms with Crippen LogP contribution in [0.15, 0.2) is 48.9 Å². The lowest BCUT2D eigenvalue weighted by molar-refractivity contribution is 0.602. The van der Waals surface area contributed by atoms with E-state index in [1.165, 1.54) is 0 Å². The molecule has 0 spiro atoms. The molecule has 0 saturated carbocycles. The van der Waals surface area contributed by atoms with Crippen molar-refractivity contribution in [2.75, 3.05) is 10.5 Å². The van der Waals surface area contributed by atoms with Crippen molar-refractivity contribution in [3.05, 3.63) is 48.9 Å². The van der Waals surface area contributed by atoms with Crippen LogP contribution in [0.1, 0.15) is 6.92 Å². The molecule has 6 nitrogen and oxygen atoms in total. The number of rotatable bonds is 4. The van der Waals surface area contributed by atoms with Crippen molar-refractivity contribution >= 4 is 21.5 Å². The van der Waals surface area contributed by atoms with E-state index >= 15 is 0 Å². The summed E-state index contributed by atoms with van der Waals surface area (Å²) in [4.78, 5) is 8.58. The Balaban J connectivity index is 1.99. The van der Waals surface area contributed by atoms with Crippen LogP contribution in [0.2, 0.25) is 0 Å². The van der Waals surface area contributed by atoms with Crippen molar-refractivity contribution in [1.82, 2.24) is 14.4 Å². The summed E-state index contributed by atoms with van der Waals surface area (Å²) >= 11 is 0. The van der Waals surface area contributed by atoms with Gasteiger partial charge in [0.1, 0.15) is 0 Å². The molecule has 0 saturated heterocycles. The molecule has 0 fully saturated rings. The minimum atomic E-state index is -3.28. The van der Waals surface area contributed by atoms with Gasteiger partial charge >= 0.3 is 0 Å². The topological polar surface area (TPSA) is 76.4 Å². The number of benzene rings is 1. The van der Waals surface area contributed by atoms with Gasteiger partial charge in [0.25, 0.3) is 0 Å². The number of anilines is 1. The van der Waals surface area contributed by atoms with E-state index in [1.54, 1.807) is 31.3 Å². The van der Waals surface area contributed by atoms with Crippen molar-refractivity contribution < 1.29 is 8.42 Å². The predicted octanol–water partition coefficient (Wildman–Crippen LogP) is 2.16. The number of nitrogens with one attached hydrogen (secondary N) is 1. The van der Waals surface area contributed by atoms with Crippen LogP contribution in [-0.4, -0.2) is 28.5 Å². The fourth-order valence-electron chi connectivity index (χ4n) is 1.96. The Hall–Kier alpha value is -2.41. The molecule has 0 aliphatic heterocycles. The SMILES string of the molecule is CCS(=O)(=O)Nc1cccc(-c2cn3cccnc3n2)c1. The minimum Gasteiger partial charge on any atom is -0.291 e. The third kappa shape index (κ3) is 2.87. The van der Waals surface area contributed by atoms with Gasteiger partial charge in [-0.15, -0.1) is 0 Å². The fraction of sp³-hybridized carbons (Fsp3) is 0.143. The second kappa shape index (κ2) is 5.17. The van der Waals surface area contributed by atoms with Gasteiger partial charge in [0.2, 0.25) is 15.8 Å². The number of aromatic nitrogens is 3. The van der Waals surface area contributed by atoms with Gasteiger partial charge in [-0.2, -0.15) is 0 Å². The summed E-state index contributed by atoms with van der Waals surface area (Å²) in [6, 6.07) is 8.97. The van der Waals surface area contributed by atoms with Crippen LogP contribution < -0.4 is 4.72 Å². The molecule has 0 aliphatic carbocycles. The van der Waals surface area contributed by atoms with E-state index in [9.17, 15) is 8.42 Å². The number of nitrogens with zero attached hydrogens (tertiary/aromatic N) is 3. The maximum atomic E-state index is 11.6. The first-order chi connectivity index (χ1) is 10.1. The molecule has 3 aromatic rings. The first kappa shape index (κ1) is 13.6. The third-order valence-corrected chi connectivity index (χ3v) is 4.35. The third-order valence-electron chi connectivity index (χ3n) is 3.05. The lowest BCUT2D eigenvalue weighted by Gasteiger charge is -2.06. The van der Waals surface area contributed by atoms with E-state index < -0.39 is 10.0 Å². The summed E-state index contributed by atoms with van der Waals surface area (Å²) in [6.07, 6.45) is 5.40. The Kier molecular flexibility index (Phi) is 3.34. The smallest absolute Gasteiger partial charge is 0.234 e. The monoisotopic (exact) mass is 302 g/mol. The second-order valence-corrected chi connectivity index (χ2v) is 6.55. The van der Waals surface area contributed by atoms with Gasteiger partial charge in [-0.3, -0.25) is 9.12 Å². The van der Waals surface area contributed by atoms with Crippen molar-refractivity contribution in [2.45, 2.75) is 6.92 Å². The molecule has 0 atom stereocenters. The van der Waals surface area contributed by atoms with Gasteiger partial charge in [0.15, 0.2) is 0 Å². The lowest BCUT2D eigenvalue weighted by atomic mass is 10.1. The summed E-state index contributed by atoms with van der Waals surface area (Å²) < 4.78 is 27.6. The number of fused-ring (bicyclic) bond motifs is 1. The normalized spacial score (nSPS) is 11.7. The van der Waals surface area contributed by atoms with Crippen molar-refractivity contribution in [3.8, 4) is 11.3 Å². The Morgan fingerprint density at radius 1 is 1.29 bits per heavy atom. The van der Waals surface area contributed by atoms with Crippen molar-refractivity contribution in [1.29, 1.82) is 0 Å². The molecule has 0 bridgehead atoms. The molecule has 0 unspecified atom stereocenters. The lowest BCUT2D eigenvalue weighted by Crippen LogP contribution is -2.14. The van der Waals surface area contributed by atoms with Crippen LogP contribution in [0, 0.1) is 0 Å². The Labute approximate surface area is 122 Å². The zero-order valence-corrected chi connectivity index (χ0v) is 12.2. The van der Waals surface area contributed by atoms with E-state index in [0.29, 0.717) is 11.5 Å². The van der Waals surface area contributed by atoms with Gasteiger partial charge in [0.05, 0.1) is 11.4 Å². The summed E-state index contributed by atoms with van der Waals surface area (Å²) in [5.74, 6) is 0.641. The molecule has 21 heavy (non-hydrogen) atoms. The summed E-state index contributed by atoms with van der Waals surface area (Å²) in [6.45, 7) is 1.60. The van der Waals surface area contributed by atoms with Gasteiger partial charge in [-0.25, -0.2) is 18.4 Å². The van der Waals surface area contributed by atoms with Crippen molar-refractivity contribution in [3.63, 3.8) is 0 Å². The predicted molar refractivity (Wildman–Crippen MR) is 81.5 cm³/mol. The first-order valence-electron chi connectivity index (χ1n) is 6.48. The fourth-order valence-corrected chi connectivity index (χ4v) is 2.59. The minimum absolute atomic E-state index is 0.0372. The molecule has 0 aliphatic rings. The highest BCUT2D eigenvalue weighted by Crippen LogP contribution is 2.22. The molecule has 1 aromatic carbocycles. The highest BCUT2D eigenvalue weighted by Gasteiger charge is 2.09. The van der Waals surface area contributed by atoms with E-state index in [4.69, 9.17) is 0 Å². The highest BCUT2D eigenvalue weighted by atomic mass is 32.2. The maximum Gasteiger partial charge on any atom is 0.234 e. The Bertz CT molecular complexity index is 854. The second-order valence-electron chi connectivity index (χ2n) is 4.54. The van der Waals surface area contributed by atoms with Gasteiger partial charge < -0.3 is 0 Å². The van der Waals surface area contributed by atoms with E-state index in [2.05, 4.69) is 14.7 Å². The quantitative estimate of drug-likeness (QED) is 0.801.